The minimum atomic E-state index is -0.872. The zero-order valence-corrected chi connectivity index (χ0v) is 16.9. The maximum atomic E-state index is 12.9. The molecule has 2 aromatic carbocycles. The van der Waals surface area contributed by atoms with Gasteiger partial charge in [0.15, 0.2) is 5.75 Å². The number of anilines is 1. The summed E-state index contributed by atoms with van der Waals surface area (Å²) in [6.07, 6.45) is -0.872. The minimum absolute atomic E-state index is 0.195. The lowest BCUT2D eigenvalue weighted by atomic mass is 10.0. The van der Waals surface area contributed by atoms with Crippen LogP contribution in [0.25, 0.3) is 11.3 Å². The van der Waals surface area contributed by atoms with Crippen molar-refractivity contribution in [1.29, 1.82) is 0 Å². The van der Waals surface area contributed by atoms with Gasteiger partial charge >= 0.3 is 16.9 Å². The number of phenols is 1. The number of fused-ring (bicyclic) bond motifs is 3. The van der Waals surface area contributed by atoms with Crippen LogP contribution < -0.4 is 20.3 Å². The number of phenolic OH excluding ortho intramolecular Hbond substituents is 1. The SMILES string of the molecule is CCSc1n[n+]2c(c(=O)[nH]1)-c1ccccc1N[C@@H]2c1ccc(O)c(OC)c1[N+](=O)[O-]. The van der Waals surface area contributed by atoms with E-state index in [-0.39, 0.29) is 28.3 Å². The summed E-state index contributed by atoms with van der Waals surface area (Å²) in [5, 5.41) is 30.1. The molecule has 0 radical (unpaired) electrons. The number of nitrogens with one attached hydrogen (secondary N) is 2. The number of rotatable bonds is 5. The Morgan fingerprint density at radius 3 is 2.80 bits per heavy atom. The van der Waals surface area contributed by atoms with Gasteiger partial charge in [-0.25, -0.2) is 0 Å². The number of ether oxygens (including phenoxy) is 1. The zero-order chi connectivity index (χ0) is 21.4. The van der Waals surface area contributed by atoms with Gasteiger partial charge in [0.1, 0.15) is 5.56 Å². The smallest absolute Gasteiger partial charge is 0.326 e. The normalized spacial score (nSPS) is 14.4. The first kappa shape index (κ1) is 19.7. The molecule has 0 spiro atoms. The molecule has 0 aliphatic carbocycles. The molecule has 3 aromatic rings. The molecule has 4 rings (SSSR count). The Morgan fingerprint density at radius 1 is 1.33 bits per heavy atom. The third-order valence-corrected chi connectivity index (χ3v) is 5.43. The van der Waals surface area contributed by atoms with E-state index in [9.17, 15) is 20.0 Å². The van der Waals surface area contributed by atoms with Crippen LogP contribution in [0.4, 0.5) is 11.4 Å². The van der Waals surface area contributed by atoms with E-state index in [0.717, 1.165) is 0 Å². The number of H-pyrrole nitrogens is 1. The van der Waals surface area contributed by atoms with Gasteiger partial charge in [0.2, 0.25) is 10.9 Å². The number of methoxy groups -OCH3 is 1. The summed E-state index contributed by atoms with van der Waals surface area (Å²) in [4.78, 5) is 27.0. The van der Waals surface area contributed by atoms with Crippen LogP contribution in [0.3, 0.4) is 0 Å². The topological polar surface area (TPSA) is 134 Å². The fourth-order valence-electron chi connectivity index (χ4n) is 3.49. The molecule has 1 aromatic heterocycles. The van der Waals surface area contributed by atoms with Gasteiger partial charge in [0, 0.05) is 5.10 Å². The standard InChI is InChI=1S/C19H17N5O5S/c1-3-30-19-21-18(26)15-10-6-4-5-7-12(10)20-17(23(15)22-19)11-8-9-13(25)16(29-2)14(11)24(27)28/h4-9,17H,3H2,1-2H3,(H2,21,22,25,26)/p+1/t17-/m0/s1. The first-order chi connectivity index (χ1) is 14.5. The molecule has 0 fully saturated rings. The molecule has 0 bridgehead atoms. The summed E-state index contributed by atoms with van der Waals surface area (Å²) in [6.45, 7) is 1.93. The molecule has 0 unspecified atom stereocenters. The predicted molar refractivity (Wildman–Crippen MR) is 110 cm³/mol. The van der Waals surface area contributed by atoms with Crippen LogP contribution in [0, 0.1) is 10.1 Å². The van der Waals surface area contributed by atoms with Crippen LogP contribution in [0.15, 0.2) is 46.3 Å². The van der Waals surface area contributed by atoms with Crippen molar-refractivity contribution < 1.29 is 19.4 Å². The first-order valence-electron chi connectivity index (χ1n) is 9.05. The molecule has 1 aliphatic heterocycles. The molecule has 2 heterocycles. The summed E-state index contributed by atoms with van der Waals surface area (Å²) in [5.74, 6) is 0.0771. The molecule has 154 valence electrons. The Bertz CT molecular complexity index is 1210. The van der Waals surface area contributed by atoms with Gasteiger partial charge in [-0.05, 0) is 34.7 Å². The summed E-state index contributed by atoms with van der Waals surface area (Å²) in [6, 6.07) is 9.90. The van der Waals surface area contributed by atoms with Crippen molar-refractivity contribution in [2.24, 2.45) is 0 Å². The molecule has 30 heavy (non-hydrogen) atoms. The monoisotopic (exact) mass is 428 g/mol. The number of para-hydroxylation sites is 1. The Morgan fingerprint density at radius 2 is 2.10 bits per heavy atom. The van der Waals surface area contributed by atoms with Crippen molar-refractivity contribution in [3.63, 3.8) is 0 Å². The number of aromatic amines is 1. The van der Waals surface area contributed by atoms with Gasteiger partial charge in [-0.15, -0.1) is 0 Å². The largest absolute Gasteiger partial charge is 0.504 e. The van der Waals surface area contributed by atoms with E-state index in [1.54, 1.807) is 24.3 Å². The van der Waals surface area contributed by atoms with E-state index in [1.807, 2.05) is 6.92 Å². The van der Waals surface area contributed by atoms with Crippen molar-refractivity contribution in [3.8, 4) is 22.8 Å². The average Bonchev–Trinajstić information content (AvgIpc) is 2.72. The second kappa shape index (κ2) is 7.67. The third kappa shape index (κ3) is 3.12. The number of nitrogens with zero attached hydrogens (tertiary/aromatic N) is 3. The molecule has 10 nitrogen and oxygen atoms in total. The number of hydrogen-bond donors (Lipinski definition) is 3. The van der Waals surface area contributed by atoms with Gasteiger partial charge in [0.25, 0.3) is 6.17 Å². The minimum Gasteiger partial charge on any atom is -0.504 e. The third-order valence-electron chi connectivity index (χ3n) is 4.69. The van der Waals surface area contributed by atoms with Crippen molar-refractivity contribution in [3.05, 3.63) is 62.4 Å². The van der Waals surface area contributed by atoms with Crippen LogP contribution in [-0.4, -0.2) is 33.0 Å². The van der Waals surface area contributed by atoms with Crippen molar-refractivity contribution >= 4 is 23.1 Å². The van der Waals surface area contributed by atoms with Crippen LogP contribution in [0.5, 0.6) is 11.5 Å². The number of hydrogen-bond acceptors (Lipinski definition) is 8. The molecule has 0 saturated carbocycles. The lowest BCUT2D eigenvalue weighted by molar-refractivity contribution is -0.759. The molecular weight excluding hydrogens is 410 g/mol. The number of benzene rings is 2. The van der Waals surface area contributed by atoms with Gasteiger partial charge in [-0.1, -0.05) is 30.8 Å². The number of aromatic nitrogens is 3. The van der Waals surface area contributed by atoms with Crippen molar-refractivity contribution in [1.82, 2.24) is 10.1 Å². The second-order valence-electron chi connectivity index (χ2n) is 6.39. The highest BCUT2D eigenvalue weighted by Crippen LogP contribution is 2.42. The maximum absolute atomic E-state index is 12.9. The molecule has 11 heteroatoms. The van der Waals surface area contributed by atoms with E-state index < -0.39 is 16.8 Å². The van der Waals surface area contributed by atoms with Gasteiger partial charge in [-0.2, -0.15) is 0 Å². The zero-order valence-electron chi connectivity index (χ0n) is 16.1. The van der Waals surface area contributed by atoms with Crippen molar-refractivity contribution in [2.45, 2.75) is 18.2 Å². The number of thioether (sulfide) groups is 1. The number of nitro benzene ring substituents is 1. The molecular formula is C19H18N5O5S+. The second-order valence-corrected chi connectivity index (χ2v) is 7.64. The van der Waals surface area contributed by atoms with E-state index in [0.29, 0.717) is 22.2 Å². The summed E-state index contributed by atoms with van der Waals surface area (Å²) in [5.41, 5.74) is 0.973. The quantitative estimate of drug-likeness (QED) is 0.244. The van der Waals surface area contributed by atoms with Gasteiger partial charge in [0.05, 0.1) is 23.3 Å². The maximum Gasteiger partial charge on any atom is 0.326 e. The van der Waals surface area contributed by atoms with Crippen LogP contribution >= 0.6 is 11.8 Å². The molecule has 1 aliphatic rings. The summed E-state index contributed by atoms with van der Waals surface area (Å²) < 4.78 is 6.53. The van der Waals surface area contributed by atoms with Crippen LogP contribution in [-0.2, 0) is 0 Å². The lowest BCUT2D eigenvalue weighted by Crippen LogP contribution is -2.55. The Labute approximate surface area is 174 Å². The van der Waals surface area contributed by atoms with Crippen LogP contribution in [0.1, 0.15) is 18.7 Å². The highest BCUT2D eigenvalue weighted by molar-refractivity contribution is 7.99. The van der Waals surface area contributed by atoms with Gasteiger partial charge in [-0.3, -0.25) is 19.9 Å². The molecule has 0 amide bonds. The fraction of sp³-hybridized carbons (Fsp3) is 0.211. The molecule has 0 saturated heterocycles. The lowest BCUT2D eigenvalue weighted by Gasteiger charge is -2.22. The summed E-state index contributed by atoms with van der Waals surface area (Å²) >= 11 is 1.35. The first-order valence-corrected chi connectivity index (χ1v) is 10.0. The summed E-state index contributed by atoms with van der Waals surface area (Å²) in [7, 11) is 1.25. The highest BCUT2D eigenvalue weighted by atomic mass is 32.2. The van der Waals surface area contributed by atoms with Crippen molar-refractivity contribution in [2.75, 3.05) is 18.2 Å². The number of aromatic hydroxyl groups is 1. The van der Waals surface area contributed by atoms with E-state index in [1.165, 1.54) is 35.7 Å². The number of nitro groups is 1. The van der Waals surface area contributed by atoms with E-state index in [4.69, 9.17) is 4.74 Å². The molecule has 3 N–H and O–H groups in total. The predicted octanol–water partition coefficient (Wildman–Crippen LogP) is 2.43. The Hall–Kier alpha value is -3.60. The Balaban J connectivity index is 2.03. The van der Waals surface area contributed by atoms with E-state index in [2.05, 4.69) is 15.4 Å². The average molecular weight is 428 g/mol. The highest BCUT2D eigenvalue weighted by Gasteiger charge is 2.42. The molecule has 1 atom stereocenters. The fourth-order valence-corrected chi connectivity index (χ4v) is 4.07. The van der Waals surface area contributed by atoms with E-state index >= 15 is 0 Å². The Kier molecular flexibility index (Phi) is 5.04. The van der Waals surface area contributed by atoms with Crippen LogP contribution in [0.2, 0.25) is 0 Å². The van der Waals surface area contributed by atoms with Gasteiger partial charge < -0.3 is 15.2 Å².